The Hall–Kier alpha value is -4.04. The van der Waals surface area contributed by atoms with Gasteiger partial charge in [-0.15, -0.1) is 0 Å². The monoisotopic (exact) mass is 557 g/mol. The maximum atomic E-state index is 13.5. The molecule has 40 heavy (non-hydrogen) atoms. The highest BCUT2D eigenvalue weighted by atomic mass is 19.4. The summed E-state index contributed by atoms with van der Waals surface area (Å²) in [6.45, 7) is 5.59. The standard InChI is InChI=1S/C26H26F3N7O4/c1-25(2)39-14-18(40-25)13-38-21-11-30-20(10-31-21)33-24(37)36-17-6-7-35(12-17)19-9-32-22(34-23(19)36)15-4-3-5-16(8-15)26(27,28)29/h3-5,8-11,17-18H,6-7,12-14H2,1-2H3,(H,30,33,37)/t17-,18+/m0/s1. The lowest BCUT2D eigenvalue weighted by Gasteiger charge is -2.35. The maximum Gasteiger partial charge on any atom is 0.416 e. The number of rotatable bonds is 5. The number of alkyl halides is 3. The van der Waals surface area contributed by atoms with Crippen molar-refractivity contribution in [3.05, 3.63) is 48.4 Å². The number of anilines is 3. The number of hydrogen-bond donors (Lipinski definition) is 1. The fourth-order valence-corrected chi connectivity index (χ4v) is 5.00. The van der Waals surface area contributed by atoms with Gasteiger partial charge < -0.3 is 19.1 Å². The zero-order chi connectivity index (χ0) is 28.1. The number of carbonyl (C=O) groups is 1. The number of benzene rings is 1. The van der Waals surface area contributed by atoms with Crippen molar-refractivity contribution in [1.82, 2.24) is 19.9 Å². The zero-order valence-corrected chi connectivity index (χ0v) is 21.7. The molecule has 1 aromatic carbocycles. The van der Waals surface area contributed by atoms with Crippen LogP contribution in [0, 0.1) is 0 Å². The van der Waals surface area contributed by atoms with Gasteiger partial charge in [0.25, 0.3) is 0 Å². The molecule has 3 aliphatic heterocycles. The molecule has 0 unspecified atom stereocenters. The first-order valence-electron chi connectivity index (χ1n) is 12.7. The molecule has 2 amide bonds. The lowest BCUT2D eigenvalue weighted by molar-refractivity contribution is -0.141. The average molecular weight is 558 g/mol. The number of ether oxygens (including phenoxy) is 3. The predicted molar refractivity (Wildman–Crippen MR) is 137 cm³/mol. The third kappa shape index (κ3) is 5.23. The lowest BCUT2D eigenvalue weighted by atomic mass is 10.1. The Morgan fingerprint density at radius 2 is 2.05 bits per heavy atom. The second-order valence-corrected chi connectivity index (χ2v) is 10.2. The van der Waals surface area contributed by atoms with E-state index in [-0.39, 0.29) is 41.8 Å². The summed E-state index contributed by atoms with van der Waals surface area (Å²) in [4.78, 5) is 34.3. The largest absolute Gasteiger partial charge is 0.474 e. The van der Waals surface area contributed by atoms with E-state index in [0.29, 0.717) is 37.6 Å². The van der Waals surface area contributed by atoms with Crippen LogP contribution < -0.4 is 19.9 Å². The predicted octanol–water partition coefficient (Wildman–Crippen LogP) is 4.11. The summed E-state index contributed by atoms with van der Waals surface area (Å²) in [6, 6.07) is 4.14. The number of nitrogens with zero attached hydrogens (tertiary/aromatic N) is 6. The van der Waals surface area contributed by atoms with E-state index >= 15 is 0 Å². The number of aromatic nitrogens is 4. The van der Waals surface area contributed by atoms with Gasteiger partial charge in [-0.2, -0.15) is 13.2 Å². The number of carbonyl (C=O) groups excluding carboxylic acids is 1. The van der Waals surface area contributed by atoms with Crippen molar-refractivity contribution in [2.75, 3.05) is 41.4 Å². The zero-order valence-electron chi connectivity index (χ0n) is 21.7. The Bertz CT molecular complexity index is 1420. The van der Waals surface area contributed by atoms with Crippen LogP contribution in [-0.4, -0.2) is 70.2 Å². The second kappa shape index (κ2) is 9.86. The van der Waals surface area contributed by atoms with E-state index in [1.54, 1.807) is 6.20 Å². The Balaban J connectivity index is 1.19. The molecule has 1 N–H and O–H groups in total. The molecule has 3 aromatic rings. The summed E-state index contributed by atoms with van der Waals surface area (Å²) < 4.78 is 56.7. The highest BCUT2D eigenvalue weighted by molar-refractivity contribution is 6.04. The van der Waals surface area contributed by atoms with Crippen molar-refractivity contribution in [3.63, 3.8) is 0 Å². The topological polar surface area (TPSA) is 115 Å². The van der Waals surface area contributed by atoms with E-state index in [1.807, 2.05) is 13.8 Å². The van der Waals surface area contributed by atoms with Gasteiger partial charge in [0.15, 0.2) is 23.2 Å². The first kappa shape index (κ1) is 26.2. The SMILES string of the molecule is CC1(C)OC[C@@H](COc2cnc(NC(=O)N3c4nc(-c5cccc(C(F)(F)F)c5)ncc4N4CC[C@H]3C4)cn2)O1. The molecule has 6 rings (SSSR count). The van der Waals surface area contributed by atoms with Crippen LogP contribution >= 0.6 is 0 Å². The fourth-order valence-electron chi connectivity index (χ4n) is 5.00. The van der Waals surface area contributed by atoms with Crippen LogP contribution in [0.4, 0.5) is 35.3 Å². The van der Waals surface area contributed by atoms with E-state index < -0.39 is 23.6 Å². The van der Waals surface area contributed by atoms with Crippen LogP contribution in [0.3, 0.4) is 0 Å². The second-order valence-electron chi connectivity index (χ2n) is 10.2. The van der Waals surface area contributed by atoms with Gasteiger partial charge >= 0.3 is 12.2 Å². The summed E-state index contributed by atoms with van der Waals surface area (Å²) >= 11 is 0. The molecular formula is C26H26F3N7O4. The number of hydrogen-bond acceptors (Lipinski definition) is 9. The third-order valence-corrected chi connectivity index (χ3v) is 6.86. The van der Waals surface area contributed by atoms with Gasteiger partial charge in [0.2, 0.25) is 5.88 Å². The first-order valence-corrected chi connectivity index (χ1v) is 12.7. The molecule has 5 heterocycles. The van der Waals surface area contributed by atoms with E-state index in [9.17, 15) is 18.0 Å². The maximum absolute atomic E-state index is 13.5. The van der Waals surface area contributed by atoms with Gasteiger partial charge in [0.05, 0.1) is 42.5 Å². The average Bonchev–Trinajstić information content (AvgIpc) is 3.50. The van der Waals surface area contributed by atoms with Gasteiger partial charge in [0, 0.05) is 18.7 Å². The Morgan fingerprint density at radius 1 is 1.20 bits per heavy atom. The van der Waals surface area contributed by atoms with Crippen LogP contribution in [-0.2, 0) is 15.7 Å². The minimum absolute atomic E-state index is 0.0893. The van der Waals surface area contributed by atoms with Crippen molar-refractivity contribution in [3.8, 4) is 17.3 Å². The van der Waals surface area contributed by atoms with Gasteiger partial charge in [-0.3, -0.25) is 10.2 Å². The summed E-state index contributed by atoms with van der Waals surface area (Å²) in [6.07, 6.45) is 0.286. The summed E-state index contributed by atoms with van der Waals surface area (Å²) in [5.41, 5.74) is 0.0323. The molecule has 0 radical (unpaired) electrons. The molecule has 2 aromatic heterocycles. The minimum Gasteiger partial charge on any atom is -0.474 e. The van der Waals surface area contributed by atoms with Gasteiger partial charge in [-0.1, -0.05) is 12.1 Å². The molecule has 11 nitrogen and oxygen atoms in total. The molecule has 2 bridgehead atoms. The molecule has 0 saturated carbocycles. The van der Waals surface area contributed by atoms with Crippen LogP contribution in [0.2, 0.25) is 0 Å². The number of nitrogens with one attached hydrogen (secondary N) is 1. The van der Waals surface area contributed by atoms with Crippen molar-refractivity contribution in [1.29, 1.82) is 0 Å². The van der Waals surface area contributed by atoms with Crippen molar-refractivity contribution < 1.29 is 32.2 Å². The quantitative estimate of drug-likeness (QED) is 0.495. The molecule has 0 spiro atoms. The number of amides is 2. The molecule has 0 aliphatic carbocycles. The van der Waals surface area contributed by atoms with Crippen molar-refractivity contribution in [2.45, 2.75) is 44.4 Å². The smallest absolute Gasteiger partial charge is 0.416 e. The van der Waals surface area contributed by atoms with Crippen LogP contribution in [0.1, 0.15) is 25.8 Å². The highest BCUT2D eigenvalue weighted by Gasteiger charge is 2.41. The van der Waals surface area contributed by atoms with Crippen molar-refractivity contribution in [2.24, 2.45) is 0 Å². The molecular weight excluding hydrogens is 531 g/mol. The molecule has 14 heteroatoms. The molecule has 3 aliphatic rings. The van der Waals surface area contributed by atoms with Gasteiger partial charge in [-0.25, -0.2) is 24.7 Å². The van der Waals surface area contributed by atoms with Crippen LogP contribution in [0.5, 0.6) is 5.88 Å². The lowest BCUT2D eigenvalue weighted by Crippen LogP contribution is -2.48. The fraction of sp³-hybridized carbons (Fsp3) is 0.423. The van der Waals surface area contributed by atoms with E-state index in [0.717, 1.165) is 12.1 Å². The van der Waals surface area contributed by atoms with E-state index in [2.05, 4.69) is 30.2 Å². The number of fused-ring (bicyclic) bond motifs is 4. The molecule has 210 valence electrons. The minimum atomic E-state index is -4.50. The summed E-state index contributed by atoms with van der Waals surface area (Å²) in [5.74, 6) is 0.220. The van der Waals surface area contributed by atoms with Crippen LogP contribution in [0.25, 0.3) is 11.4 Å². The number of halogens is 3. The summed E-state index contributed by atoms with van der Waals surface area (Å²) in [7, 11) is 0. The summed E-state index contributed by atoms with van der Waals surface area (Å²) in [5, 5.41) is 2.74. The van der Waals surface area contributed by atoms with E-state index in [1.165, 1.54) is 29.4 Å². The third-order valence-electron chi connectivity index (χ3n) is 6.86. The highest BCUT2D eigenvalue weighted by Crippen LogP contribution is 2.40. The molecule has 2 atom stereocenters. The van der Waals surface area contributed by atoms with Gasteiger partial charge in [0.1, 0.15) is 12.7 Å². The Labute approximate surface area is 227 Å². The molecule has 2 fully saturated rings. The van der Waals surface area contributed by atoms with Crippen LogP contribution in [0.15, 0.2) is 42.9 Å². The van der Waals surface area contributed by atoms with Crippen molar-refractivity contribution >= 4 is 23.4 Å². The molecule has 2 saturated heterocycles. The Morgan fingerprint density at radius 3 is 2.77 bits per heavy atom. The Kier molecular flexibility index (Phi) is 6.45. The van der Waals surface area contributed by atoms with Gasteiger partial charge in [-0.05, 0) is 32.4 Å². The van der Waals surface area contributed by atoms with E-state index in [4.69, 9.17) is 14.2 Å². The first-order chi connectivity index (χ1) is 19.1. The number of urea groups is 1. The normalized spacial score (nSPS) is 21.3.